The molecule has 26 nitrogen and oxygen atoms in total. The lowest BCUT2D eigenvalue weighted by atomic mass is 10.0. The molecule has 1 aliphatic rings. The number of fused-ring (bicyclic) bond motifs is 1. The van der Waals surface area contributed by atoms with Crippen molar-refractivity contribution in [1.82, 2.24) is 47.5 Å². The van der Waals surface area contributed by atoms with Gasteiger partial charge in [-0.25, -0.2) is 0 Å². The number of nitriles is 1. The number of carbonyl (C=O) groups is 9. The zero-order valence-electron chi connectivity index (χ0n) is 41.3. The van der Waals surface area contributed by atoms with Crippen LogP contribution in [0.3, 0.4) is 0 Å². The SMILES string of the molecule is CC(=O)N[C@@H](CCCN=C(N)N)C(=O)N[C@H]1CCC(=O)NCCCC(C(N)=O)NC(=O)[C@H](Cc2c[nH]c3ccccc23)NC(=O)[C@H](CCCN=C(N)N)NC(=O)[C@@H](Cc2ccc(C#N)cc2)NC(=O)[C@H](C)NC1=O. The number of aromatic nitrogens is 1. The first-order chi connectivity index (χ1) is 35.2. The van der Waals surface area contributed by atoms with E-state index >= 15 is 0 Å². The van der Waals surface area contributed by atoms with Crippen LogP contribution in [-0.2, 0) is 56.0 Å². The Labute approximate surface area is 427 Å². The topological polar surface area (TPSA) is 444 Å². The van der Waals surface area contributed by atoms with Crippen LogP contribution < -0.4 is 71.2 Å². The molecule has 1 aromatic heterocycles. The third-order valence-electron chi connectivity index (χ3n) is 11.8. The van der Waals surface area contributed by atoms with Gasteiger partial charge in [-0.3, -0.25) is 53.1 Å². The molecular weight excluding hydrogens is 959 g/mol. The molecule has 1 aliphatic heterocycles. The molecule has 74 heavy (non-hydrogen) atoms. The smallest absolute Gasteiger partial charge is 0.243 e. The average molecular weight is 1030 g/mol. The van der Waals surface area contributed by atoms with E-state index in [0.29, 0.717) is 16.7 Å². The summed E-state index contributed by atoms with van der Waals surface area (Å²) in [5.74, 6) is -7.48. The van der Waals surface area contributed by atoms with Gasteiger partial charge in [0.05, 0.1) is 11.6 Å². The molecule has 1 unspecified atom stereocenters. The van der Waals surface area contributed by atoms with Gasteiger partial charge < -0.3 is 76.2 Å². The van der Waals surface area contributed by atoms with Crippen molar-refractivity contribution in [2.75, 3.05) is 19.6 Å². The molecule has 2 aromatic carbocycles. The minimum absolute atomic E-state index is 0.0142. The van der Waals surface area contributed by atoms with Gasteiger partial charge >= 0.3 is 0 Å². The summed E-state index contributed by atoms with van der Waals surface area (Å²) in [6.07, 6.45) is 1.20. The van der Waals surface area contributed by atoms with Crippen molar-refractivity contribution in [3.8, 4) is 6.07 Å². The highest BCUT2D eigenvalue weighted by molar-refractivity contribution is 5.98. The van der Waals surface area contributed by atoms with Crippen molar-refractivity contribution in [2.24, 2.45) is 38.7 Å². The molecule has 0 saturated carbocycles. The summed E-state index contributed by atoms with van der Waals surface area (Å²) in [7, 11) is 0. The number of para-hydroxylation sites is 1. The summed E-state index contributed by atoms with van der Waals surface area (Å²) < 4.78 is 0. The second-order valence-corrected chi connectivity index (χ2v) is 17.7. The van der Waals surface area contributed by atoms with Gasteiger partial charge in [0.25, 0.3) is 0 Å². The quantitative estimate of drug-likeness (QED) is 0.0377. The lowest BCUT2D eigenvalue weighted by Gasteiger charge is -2.27. The monoisotopic (exact) mass is 1030 g/mol. The van der Waals surface area contributed by atoms with E-state index < -0.39 is 95.5 Å². The molecule has 19 N–H and O–H groups in total. The standard InChI is InChI=1S/C48H67N17O9/c1-26-41(69)64-37(22-28-13-15-29(24-49)16-14-28)45(73)62-35(12-7-21-57-48(53)54)44(72)65-38(23-30-25-58-32-9-4-3-8-31(30)32)46(74)61-33(40(50)68)10-5-19-55-39(67)18-17-36(42(70)59-26)63-43(71)34(60-27(2)66)11-6-20-56-47(51)52/h3-4,8-9,13-16,25-26,33-38,58H,5-7,10-12,17-23H2,1-2H3,(H2,50,68)(H,55,67)(H,59,70)(H,60,66)(H,61,74)(H,62,73)(H,63,71)(H,64,69)(H,65,72)(H4,51,52,56)(H4,53,54,57)/t26-,33?,34-,35-,36-,37+,38-/m0/s1. The van der Waals surface area contributed by atoms with Crippen LogP contribution in [0.4, 0.5) is 0 Å². The fourth-order valence-corrected chi connectivity index (χ4v) is 7.90. The summed E-state index contributed by atoms with van der Waals surface area (Å²) in [5.41, 5.74) is 29.9. The predicted molar refractivity (Wildman–Crippen MR) is 272 cm³/mol. The Hall–Kier alpha value is -8.76. The van der Waals surface area contributed by atoms with Crippen LogP contribution in [0.2, 0.25) is 0 Å². The summed E-state index contributed by atoms with van der Waals surface area (Å²) >= 11 is 0. The Morgan fingerprint density at radius 3 is 2.04 bits per heavy atom. The molecule has 1 fully saturated rings. The second kappa shape index (κ2) is 28.9. The number of guanidine groups is 2. The van der Waals surface area contributed by atoms with Crippen LogP contribution in [0.15, 0.2) is 64.7 Å². The van der Waals surface area contributed by atoms with Crippen molar-refractivity contribution in [1.29, 1.82) is 5.26 Å². The number of aromatic amines is 1. The number of amides is 9. The largest absolute Gasteiger partial charge is 0.370 e. The Morgan fingerprint density at radius 1 is 0.757 bits per heavy atom. The highest BCUT2D eigenvalue weighted by atomic mass is 16.2. The minimum Gasteiger partial charge on any atom is -0.370 e. The van der Waals surface area contributed by atoms with E-state index in [-0.39, 0.29) is 95.8 Å². The lowest BCUT2D eigenvalue weighted by molar-refractivity contribution is -0.135. The zero-order valence-corrected chi connectivity index (χ0v) is 41.3. The average Bonchev–Trinajstić information content (AvgIpc) is 3.76. The number of H-pyrrole nitrogens is 1. The van der Waals surface area contributed by atoms with E-state index in [9.17, 15) is 48.4 Å². The van der Waals surface area contributed by atoms with E-state index in [1.807, 2.05) is 24.3 Å². The Bertz CT molecular complexity index is 2590. The maximum atomic E-state index is 14.5. The van der Waals surface area contributed by atoms with Gasteiger partial charge in [0.15, 0.2) is 11.9 Å². The Balaban J connectivity index is 1.74. The normalized spacial score (nSPS) is 21.1. The highest BCUT2D eigenvalue weighted by Gasteiger charge is 2.34. The van der Waals surface area contributed by atoms with Gasteiger partial charge in [-0.1, -0.05) is 30.3 Å². The van der Waals surface area contributed by atoms with Crippen LogP contribution in [0.25, 0.3) is 10.9 Å². The zero-order chi connectivity index (χ0) is 54.3. The van der Waals surface area contributed by atoms with E-state index in [2.05, 4.69) is 57.5 Å². The van der Waals surface area contributed by atoms with E-state index in [1.165, 1.54) is 26.0 Å². The number of nitrogens with two attached hydrogens (primary N) is 5. The summed E-state index contributed by atoms with van der Waals surface area (Å²) in [5, 5.41) is 31.2. The van der Waals surface area contributed by atoms with Crippen LogP contribution in [0.1, 0.15) is 81.9 Å². The van der Waals surface area contributed by atoms with Gasteiger partial charge in [0.2, 0.25) is 53.2 Å². The fourth-order valence-electron chi connectivity index (χ4n) is 7.90. The number of rotatable bonds is 16. The summed E-state index contributed by atoms with van der Waals surface area (Å²) in [6.45, 7) is 2.66. The number of hydrogen-bond acceptors (Lipinski definition) is 12. The minimum atomic E-state index is -1.46. The number of primary amides is 1. The molecule has 0 spiro atoms. The molecule has 0 aliphatic carbocycles. The number of nitrogens with zero attached hydrogens (tertiary/aromatic N) is 3. The maximum Gasteiger partial charge on any atom is 0.243 e. The van der Waals surface area contributed by atoms with Crippen molar-refractivity contribution in [2.45, 2.75) is 120 Å². The molecule has 7 atom stereocenters. The summed E-state index contributed by atoms with van der Waals surface area (Å²) in [6, 6.07) is 5.96. The molecule has 4 rings (SSSR count). The molecule has 2 heterocycles. The molecule has 0 bridgehead atoms. The van der Waals surface area contributed by atoms with Gasteiger partial charge in [0, 0.05) is 62.9 Å². The van der Waals surface area contributed by atoms with Gasteiger partial charge in [-0.2, -0.15) is 5.26 Å². The fraction of sp³-hybridized carbons (Fsp3) is 0.458. The molecule has 9 amide bonds. The van der Waals surface area contributed by atoms with E-state index in [1.54, 1.807) is 24.4 Å². The van der Waals surface area contributed by atoms with Crippen molar-refractivity contribution >= 4 is 76.0 Å². The molecular formula is C48H67N17O9. The molecule has 26 heteroatoms. The highest BCUT2D eigenvalue weighted by Crippen LogP contribution is 2.20. The molecule has 3 aromatic rings. The third-order valence-corrected chi connectivity index (χ3v) is 11.8. The summed E-state index contributed by atoms with van der Waals surface area (Å²) in [4.78, 5) is 134. The van der Waals surface area contributed by atoms with Crippen molar-refractivity contribution < 1.29 is 43.2 Å². The first kappa shape index (κ1) is 57.8. The van der Waals surface area contributed by atoms with Crippen molar-refractivity contribution in [3.05, 3.63) is 71.4 Å². The molecule has 1 saturated heterocycles. The first-order valence-electron chi connectivity index (χ1n) is 24.0. The number of hydrogen-bond donors (Lipinski definition) is 14. The second-order valence-electron chi connectivity index (χ2n) is 17.7. The lowest BCUT2D eigenvalue weighted by Crippen LogP contribution is -2.60. The van der Waals surface area contributed by atoms with Gasteiger partial charge in [-0.15, -0.1) is 0 Å². The van der Waals surface area contributed by atoms with Crippen LogP contribution >= 0.6 is 0 Å². The van der Waals surface area contributed by atoms with Crippen LogP contribution in [0.5, 0.6) is 0 Å². The maximum absolute atomic E-state index is 14.5. The number of carbonyl (C=O) groups excluding carboxylic acids is 9. The molecule has 0 radical (unpaired) electrons. The Morgan fingerprint density at radius 2 is 1.38 bits per heavy atom. The van der Waals surface area contributed by atoms with Gasteiger partial charge in [-0.05, 0) is 81.2 Å². The molecule has 398 valence electrons. The van der Waals surface area contributed by atoms with Gasteiger partial charge in [0.1, 0.15) is 42.3 Å². The number of aliphatic imine (C=N–C) groups is 2. The Kier molecular flexibility index (Phi) is 22.6. The van der Waals surface area contributed by atoms with E-state index in [0.717, 1.165) is 10.9 Å². The predicted octanol–water partition coefficient (Wildman–Crippen LogP) is -3.46. The van der Waals surface area contributed by atoms with Crippen LogP contribution in [-0.4, -0.2) is 132 Å². The van der Waals surface area contributed by atoms with Crippen LogP contribution in [0, 0.1) is 11.3 Å². The first-order valence-corrected chi connectivity index (χ1v) is 24.0. The van der Waals surface area contributed by atoms with E-state index in [4.69, 9.17) is 28.7 Å². The number of nitrogens with one attached hydrogen (secondary N) is 9. The number of benzene rings is 2. The third kappa shape index (κ3) is 19.1. The van der Waals surface area contributed by atoms with Crippen molar-refractivity contribution in [3.63, 3.8) is 0 Å².